The van der Waals surface area contributed by atoms with Gasteiger partial charge in [-0.15, -0.1) is 0 Å². The first-order valence-corrected chi connectivity index (χ1v) is 11.2. The van der Waals surface area contributed by atoms with Crippen molar-refractivity contribution in [2.24, 2.45) is 0 Å². The number of piperidine rings is 1. The van der Waals surface area contributed by atoms with Gasteiger partial charge in [-0.25, -0.2) is 8.42 Å². The van der Waals surface area contributed by atoms with E-state index in [-0.39, 0.29) is 12.2 Å². The van der Waals surface area contributed by atoms with E-state index in [1.165, 1.54) is 4.31 Å². The van der Waals surface area contributed by atoms with Crippen molar-refractivity contribution in [1.82, 2.24) is 4.31 Å². The van der Waals surface area contributed by atoms with Gasteiger partial charge in [-0.05, 0) is 29.0 Å². The predicted octanol–water partition coefficient (Wildman–Crippen LogP) is 4.03. The second-order valence-electron chi connectivity index (χ2n) is 7.76. The number of carbonyl (C=O) groups is 1. The third-order valence-electron chi connectivity index (χ3n) is 5.99. The van der Waals surface area contributed by atoms with E-state index < -0.39 is 15.6 Å². The Morgan fingerprint density at radius 1 is 0.862 bits per heavy atom. The second kappa shape index (κ2) is 6.68. The van der Waals surface area contributed by atoms with Crippen LogP contribution in [0.1, 0.15) is 29.6 Å². The number of sulfonamides is 1. The number of ether oxygens (including phenoxy) is 1. The van der Waals surface area contributed by atoms with Crippen LogP contribution in [0.3, 0.4) is 0 Å². The van der Waals surface area contributed by atoms with Crippen molar-refractivity contribution in [3.8, 4) is 5.75 Å². The summed E-state index contributed by atoms with van der Waals surface area (Å²) >= 11 is 0. The number of nitrogens with zero attached hydrogens (tertiary/aromatic N) is 1. The molecular formula is C23H21NO4S. The molecule has 0 aromatic heterocycles. The third-order valence-corrected chi connectivity index (χ3v) is 7.91. The summed E-state index contributed by atoms with van der Waals surface area (Å²) in [5, 5.41) is 1.93. The van der Waals surface area contributed by atoms with E-state index in [4.69, 9.17) is 4.74 Å². The highest BCUT2D eigenvalue weighted by Gasteiger charge is 2.45. The van der Waals surface area contributed by atoms with Crippen LogP contribution >= 0.6 is 0 Å². The van der Waals surface area contributed by atoms with Crippen molar-refractivity contribution < 1.29 is 17.9 Å². The number of carbonyl (C=O) groups excluding carboxylic acids is 1. The molecule has 1 fully saturated rings. The Morgan fingerprint density at radius 3 is 2.31 bits per heavy atom. The van der Waals surface area contributed by atoms with Gasteiger partial charge in [0, 0.05) is 25.9 Å². The van der Waals surface area contributed by atoms with Gasteiger partial charge in [-0.1, -0.05) is 48.5 Å². The normalized spacial score (nSPS) is 19.1. The molecular weight excluding hydrogens is 386 g/mol. The maximum absolute atomic E-state index is 13.1. The second-order valence-corrected chi connectivity index (χ2v) is 9.70. The maximum atomic E-state index is 13.1. The van der Waals surface area contributed by atoms with Crippen LogP contribution in [0, 0.1) is 0 Å². The van der Waals surface area contributed by atoms with Crippen LogP contribution in [0.2, 0.25) is 0 Å². The summed E-state index contributed by atoms with van der Waals surface area (Å²) in [7, 11) is -3.53. The molecule has 148 valence electrons. The van der Waals surface area contributed by atoms with Gasteiger partial charge in [0.05, 0.1) is 16.9 Å². The Bertz CT molecular complexity index is 1200. The molecule has 5 rings (SSSR count). The molecule has 6 heteroatoms. The molecule has 0 aliphatic carbocycles. The first-order chi connectivity index (χ1) is 14.0. The van der Waals surface area contributed by atoms with Gasteiger partial charge in [0.25, 0.3) is 0 Å². The Balaban J connectivity index is 1.41. The molecule has 1 spiro atoms. The molecule has 2 aliphatic heterocycles. The van der Waals surface area contributed by atoms with E-state index in [0.717, 1.165) is 10.8 Å². The molecule has 29 heavy (non-hydrogen) atoms. The van der Waals surface area contributed by atoms with Crippen LogP contribution in [0.15, 0.2) is 71.6 Å². The molecule has 2 heterocycles. The summed E-state index contributed by atoms with van der Waals surface area (Å²) in [6, 6.07) is 20.1. The molecule has 0 N–H and O–H groups in total. The maximum Gasteiger partial charge on any atom is 0.243 e. The topological polar surface area (TPSA) is 63.7 Å². The standard InChI is InChI=1S/C23H21NO4S/c25-20-16-23(28-21-11-10-17-6-4-5-9-19(17)22(20)21)12-14-24(15-13-23)29(26,27)18-7-2-1-3-8-18/h1-11H,12-16H2. The third kappa shape index (κ3) is 3.03. The number of Topliss-reactive ketones (excluding diaryl/α,β-unsaturated/α-hetero) is 1. The lowest BCUT2D eigenvalue weighted by atomic mass is 9.82. The van der Waals surface area contributed by atoms with E-state index in [1.54, 1.807) is 30.3 Å². The van der Waals surface area contributed by atoms with Gasteiger partial charge in [-0.3, -0.25) is 4.79 Å². The Morgan fingerprint density at radius 2 is 1.55 bits per heavy atom. The number of benzene rings is 3. The van der Waals surface area contributed by atoms with Gasteiger partial charge in [0.2, 0.25) is 10.0 Å². The van der Waals surface area contributed by atoms with Crippen molar-refractivity contribution in [2.75, 3.05) is 13.1 Å². The molecule has 2 aliphatic rings. The average molecular weight is 407 g/mol. The minimum atomic E-state index is -3.53. The minimum absolute atomic E-state index is 0.0717. The molecule has 0 amide bonds. The number of hydrogen-bond donors (Lipinski definition) is 0. The zero-order valence-corrected chi connectivity index (χ0v) is 16.7. The summed E-state index contributed by atoms with van der Waals surface area (Å²) in [6.07, 6.45) is 1.28. The van der Waals surface area contributed by atoms with Crippen molar-refractivity contribution in [3.05, 3.63) is 72.3 Å². The number of fused-ring (bicyclic) bond motifs is 3. The Labute approximate surface area is 170 Å². The van der Waals surface area contributed by atoms with Gasteiger partial charge in [-0.2, -0.15) is 4.31 Å². The van der Waals surface area contributed by atoms with Crippen LogP contribution in [-0.4, -0.2) is 37.2 Å². The van der Waals surface area contributed by atoms with E-state index in [1.807, 2.05) is 36.4 Å². The largest absolute Gasteiger partial charge is 0.486 e. The molecule has 0 unspecified atom stereocenters. The SMILES string of the molecule is O=C1CC2(CCN(S(=O)(=O)c3ccccc3)CC2)Oc2ccc3ccccc3c21. The lowest BCUT2D eigenvalue weighted by Gasteiger charge is -2.43. The van der Waals surface area contributed by atoms with Gasteiger partial charge < -0.3 is 4.74 Å². The molecule has 0 atom stereocenters. The highest BCUT2D eigenvalue weighted by molar-refractivity contribution is 7.89. The van der Waals surface area contributed by atoms with Crippen LogP contribution in [-0.2, 0) is 10.0 Å². The van der Waals surface area contributed by atoms with Gasteiger partial charge >= 0.3 is 0 Å². The Kier molecular flexibility index (Phi) is 4.22. The van der Waals surface area contributed by atoms with Crippen molar-refractivity contribution in [3.63, 3.8) is 0 Å². The highest BCUT2D eigenvalue weighted by Crippen LogP contribution is 2.42. The molecule has 0 saturated carbocycles. The summed E-state index contributed by atoms with van der Waals surface area (Å²) in [5.41, 5.74) is 0.0166. The average Bonchev–Trinajstić information content (AvgIpc) is 2.74. The van der Waals surface area contributed by atoms with Crippen molar-refractivity contribution in [2.45, 2.75) is 29.8 Å². The van der Waals surface area contributed by atoms with E-state index >= 15 is 0 Å². The molecule has 5 nitrogen and oxygen atoms in total. The lowest BCUT2D eigenvalue weighted by molar-refractivity contribution is 0.00621. The number of rotatable bonds is 2. The molecule has 1 saturated heterocycles. The van der Waals surface area contributed by atoms with E-state index in [0.29, 0.717) is 42.1 Å². The van der Waals surface area contributed by atoms with Gasteiger partial charge in [0.1, 0.15) is 11.4 Å². The fourth-order valence-corrected chi connectivity index (χ4v) is 5.89. The fourth-order valence-electron chi connectivity index (χ4n) is 4.43. The summed E-state index contributed by atoms with van der Waals surface area (Å²) < 4.78 is 33.6. The molecule has 0 radical (unpaired) electrons. The van der Waals surface area contributed by atoms with Crippen LogP contribution in [0.25, 0.3) is 10.8 Å². The minimum Gasteiger partial charge on any atom is -0.486 e. The molecule has 3 aromatic rings. The fraction of sp³-hybridized carbons (Fsp3) is 0.261. The van der Waals surface area contributed by atoms with Crippen molar-refractivity contribution in [1.29, 1.82) is 0 Å². The van der Waals surface area contributed by atoms with E-state index in [9.17, 15) is 13.2 Å². The van der Waals surface area contributed by atoms with E-state index in [2.05, 4.69) is 0 Å². The molecule has 3 aromatic carbocycles. The first-order valence-electron chi connectivity index (χ1n) is 9.78. The lowest BCUT2D eigenvalue weighted by Crippen LogP contribution is -2.52. The Hall–Kier alpha value is -2.70. The zero-order chi connectivity index (χ0) is 20.1. The van der Waals surface area contributed by atoms with Crippen LogP contribution in [0.5, 0.6) is 5.75 Å². The first kappa shape index (κ1) is 18.3. The van der Waals surface area contributed by atoms with Crippen LogP contribution in [0.4, 0.5) is 0 Å². The van der Waals surface area contributed by atoms with Crippen molar-refractivity contribution >= 4 is 26.6 Å². The summed E-state index contributed by atoms with van der Waals surface area (Å²) in [5.74, 6) is 0.682. The quantitative estimate of drug-likeness (QED) is 0.643. The van der Waals surface area contributed by atoms with Crippen LogP contribution < -0.4 is 4.74 Å². The number of hydrogen-bond acceptors (Lipinski definition) is 4. The zero-order valence-electron chi connectivity index (χ0n) is 15.9. The predicted molar refractivity (Wildman–Crippen MR) is 111 cm³/mol. The number of ketones is 1. The monoisotopic (exact) mass is 407 g/mol. The summed E-state index contributed by atoms with van der Waals surface area (Å²) in [4.78, 5) is 13.4. The van der Waals surface area contributed by atoms with Gasteiger partial charge in [0.15, 0.2) is 5.78 Å². The highest BCUT2D eigenvalue weighted by atomic mass is 32.2. The molecule has 0 bridgehead atoms. The smallest absolute Gasteiger partial charge is 0.243 e. The summed E-state index contributed by atoms with van der Waals surface area (Å²) in [6.45, 7) is 0.681.